The van der Waals surface area contributed by atoms with Gasteiger partial charge in [-0.3, -0.25) is 9.78 Å². The fourth-order valence-corrected chi connectivity index (χ4v) is 2.89. The number of ether oxygens (including phenoxy) is 1. The van der Waals surface area contributed by atoms with Gasteiger partial charge in [-0.25, -0.2) is 13.8 Å². The summed E-state index contributed by atoms with van der Waals surface area (Å²) < 4.78 is 29.6. The van der Waals surface area contributed by atoms with E-state index >= 15 is 0 Å². The van der Waals surface area contributed by atoms with Crippen LogP contribution in [-0.2, 0) is 16.0 Å². The number of hydrogen-bond acceptors (Lipinski definition) is 5. The van der Waals surface area contributed by atoms with Crippen molar-refractivity contribution < 1.29 is 18.3 Å². The van der Waals surface area contributed by atoms with Gasteiger partial charge in [-0.1, -0.05) is 0 Å². The number of halogens is 2. The Morgan fingerprint density at radius 2 is 2.12 bits per heavy atom. The monoisotopic (exact) mass is 341 g/mol. The van der Waals surface area contributed by atoms with Crippen LogP contribution in [0, 0.1) is 12.8 Å². The van der Waals surface area contributed by atoms with E-state index in [1.807, 2.05) is 13.8 Å². The second-order valence-corrected chi connectivity index (χ2v) is 6.06. The van der Waals surface area contributed by atoms with Gasteiger partial charge in [0.2, 0.25) is 6.43 Å². The Bertz CT molecular complexity index is 547. The van der Waals surface area contributed by atoms with Crippen LogP contribution in [0.4, 0.5) is 14.6 Å². The van der Waals surface area contributed by atoms with Crippen LogP contribution in [0.15, 0.2) is 6.20 Å². The average Bonchev–Trinajstić information content (AvgIpc) is 2.56. The number of piperidine rings is 1. The molecule has 0 N–H and O–H groups in total. The molecule has 7 heteroatoms. The second kappa shape index (κ2) is 8.89. The summed E-state index contributed by atoms with van der Waals surface area (Å²) in [6.45, 7) is 5.51. The van der Waals surface area contributed by atoms with Gasteiger partial charge < -0.3 is 9.64 Å². The van der Waals surface area contributed by atoms with E-state index < -0.39 is 6.43 Å². The molecule has 2 rings (SSSR count). The van der Waals surface area contributed by atoms with Crippen LogP contribution < -0.4 is 4.90 Å². The Hall–Kier alpha value is -1.79. The van der Waals surface area contributed by atoms with E-state index in [4.69, 9.17) is 4.74 Å². The summed E-state index contributed by atoms with van der Waals surface area (Å²) in [5, 5.41) is 0. The van der Waals surface area contributed by atoms with E-state index in [-0.39, 0.29) is 18.3 Å². The third kappa shape index (κ3) is 5.11. The van der Waals surface area contributed by atoms with Crippen molar-refractivity contribution in [2.45, 2.75) is 52.4 Å². The van der Waals surface area contributed by atoms with Gasteiger partial charge in [-0.15, -0.1) is 0 Å². The van der Waals surface area contributed by atoms with E-state index in [1.54, 1.807) is 6.20 Å². The molecule has 1 aliphatic heterocycles. The number of rotatable bonds is 7. The van der Waals surface area contributed by atoms with Crippen LogP contribution in [0.5, 0.6) is 0 Å². The summed E-state index contributed by atoms with van der Waals surface area (Å²) in [6, 6.07) is 0. The Balaban J connectivity index is 1.94. The van der Waals surface area contributed by atoms with Crippen molar-refractivity contribution in [1.29, 1.82) is 0 Å². The van der Waals surface area contributed by atoms with Gasteiger partial charge in [0, 0.05) is 19.5 Å². The van der Waals surface area contributed by atoms with Gasteiger partial charge >= 0.3 is 5.97 Å². The van der Waals surface area contributed by atoms with Gasteiger partial charge in [0.1, 0.15) is 5.82 Å². The van der Waals surface area contributed by atoms with Crippen molar-refractivity contribution in [3.8, 4) is 0 Å². The number of hydrogen-bond donors (Lipinski definition) is 0. The summed E-state index contributed by atoms with van der Waals surface area (Å²) in [5.74, 6) is 0.583. The number of anilines is 1. The zero-order valence-corrected chi connectivity index (χ0v) is 14.3. The predicted molar refractivity (Wildman–Crippen MR) is 87.3 cm³/mol. The quantitative estimate of drug-likeness (QED) is 0.713. The second-order valence-electron chi connectivity index (χ2n) is 6.06. The first-order valence-electron chi connectivity index (χ1n) is 8.53. The SMILES string of the molecule is CCOC(=O)C1CCN(c2cnc(C)c(CCCC(F)F)n2)CC1. The van der Waals surface area contributed by atoms with Gasteiger partial charge in [-0.2, -0.15) is 0 Å². The highest BCUT2D eigenvalue weighted by Gasteiger charge is 2.26. The highest BCUT2D eigenvalue weighted by molar-refractivity contribution is 5.72. The fraction of sp³-hybridized carbons (Fsp3) is 0.706. The lowest BCUT2D eigenvalue weighted by atomic mass is 9.97. The van der Waals surface area contributed by atoms with Crippen molar-refractivity contribution in [2.75, 3.05) is 24.6 Å². The molecule has 0 bridgehead atoms. The zero-order valence-electron chi connectivity index (χ0n) is 14.3. The molecule has 0 atom stereocenters. The predicted octanol–water partition coefficient (Wildman–Crippen LogP) is 3.15. The Kier molecular flexibility index (Phi) is 6.87. The first-order chi connectivity index (χ1) is 11.5. The van der Waals surface area contributed by atoms with Crippen molar-refractivity contribution >= 4 is 11.8 Å². The molecule has 1 aromatic rings. The number of alkyl halides is 2. The lowest BCUT2D eigenvalue weighted by Crippen LogP contribution is -2.37. The number of esters is 1. The molecule has 24 heavy (non-hydrogen) atoms. The lowest BCUT2D eigenvalue weighted by Gasteiger charge is -2.31. The molecule has 0 spiro atoms. The lowest BCUT2D eigenvalue weighted by molar-refractivity contribution is -0.148. The van der Waals surface area contributed by atoms with Gasteiger partial charge in [-0.05, 0) is 39.5 Å². The van der Waals surface area contributed by atoms with E-state index in [0.717, 1.165) is 43.1 Å². The molecule has 1 aliphatic rings. The number of nitrogens with zero attached hydrogens (tertiary/aromatic N) is 3. The molecule has 5 nitrogen and oxygen atoms in total. The number of carbonyl (C=O) groups excluding carboxylic acids is 1. The molecule has 0 unspecified atom stereocenters. The topological polar surface area (TPSA) is 55.3 Å². The molecule has 0 aliphatic carbocycles. The molecule has 0 amide bonds. The van der Waals surface area contributed by atoms with Crippen LogP contribution in [0.1, 0.15) is 44.0 Å². The van der Waals surface area contributed by atoms with Crippen LogP contribution in [-0.4, -0.2) is 42.1 Å². The molecular formula is C17H25F2N3O2. The maximum atomic E-state index is 12.3. The summed E-state index contributed by atoms with van der Waals surface area (Å²) in [4.78, 5) is 22.8. The van der Waals surface area contributed by atoms with Crippen LogP contribution in [0.25, 0.3) is 0 Å². The molecular weight excluding hydrogens is 316 g/mol. The number of aromatic nitrogens is 2. The summed E-state index contributed by atoms with van der Waals surface area (Å²) >= 11 is 0. The van der Waals surface area contributed by atoms with Crippen LogP contribution >= 0.6 is 0 Å². The third-order valence-corrected chi connectivity index (χ3v) is 4.32. The fourth-order valence-electron chi connectivity index (χ4n) is 2.89. The Morgan fingerprint density at radius 1 is 1.42 bits per heavy atom. The maximum absolute atomic E-state index is 12.3. The van der Waals surface area contributed by atoms with E-state index in [0.29, 0.717) is 19.4 Å². The van der Waals surface area contributed by atoms with E-state index in [9.17, 15) is 13.6 Å². The molecule has 0 saturated carbocycles. The molecule has 2 heterocycles. The van der Waals surface area contributed by atoms with Crippen molar-refractivity contribution in [2.24, 2.45) is 5.92 Å². The summed E-state index contributed by atoms with van der Waals surface area (Å²) in [6.07, 6.45) is 1.71. The minimum absolute atomic E-state index is 0.0508. The molecule has 1 saturated heterocycles. The molecule has 134 valence electrons. The summed E-state index contributed by atoms with van der Waals surface area (Å²) in [7, 11) is 0. The first-order valence-corrected chi connectivity index (χ1v) is 8.53. The van der Waals surface area contributed by atoms with Crippen LogP contribution in [0.3, 0.4) is 0 Å². The minimum Gasteiger partial charge on any atom is -0.466 e. The Labute approximate surface area is 141 Å². The van der Waals surface area contributed by atoms with E-state index in [1.165, 1.54) is 0 Å². The van der Waals surface area contributed by atoms with Crippen molar-refractivity contribution in [3.05, 3.63) is 17.6 Å². The zero-order chi connectivity index (χ0) is 17.5. The van der Waals surface area contributed by atoms with Gasteiger partial charge in [0.15, 0.2) is 0 Å². The first kappa shape index (κ1) is 18.5. The van der Waals surface area contributed by atoms with E-state index in [2.05, 4.69) is 14.9 Å². The largest absolute Gasteiger partial charge is 0.466 e. The average molecular weight is 341 g/mol. The Morgan fingerprint density at radius 3 is 2.75 bits per heavy atom. The molecule has 0 aromatic carbocycles. The third-order valence-electron chi connectivity index (χ3n) is 4.32. The maximum Gasteiger partial charge on any atom is 0.309 e. The van der Waals surface area contributed by atoms with Crippen molar-refractivity contribution in [1.82, 2.24) is 9.97 Å². The number of carbonyl (C=O) groups is 1. The van der Waals surface area contributed by atoms with Crippen molar-refractivity contribution in [3.63, 3.8) is 0 Å². The smallest absolute Gasteiger partial charge is 0.309 e. The standard InChI is InChI=1S/C17H25F2N3O2/c1-3-24-17(23)13-7-9-22(10-8-13)16-11-20-12(2)14(21-16)5-4-6-15(18)19/h11,13,15H,3-10H2,1-2H3. The number of aryl methyl sites for hydroxylation is 2. The molecule has 1 fully saturated rings. The van der Waals surface area contributed by atoms with Crippen LogP contribution in [0.2, 0.25) is 0 Å². The minimum atomic E-state index is -2.27. The van der Waals surface area contributed by atoms with Gasteiger partial charge in [0.05, 0.1) is 30.1 Å². The molecule has 1 aromatic heterocycles. The van der Waals surface area contributed by atoms with Gasteiger partial charge in [0.25, 0.3) is 0 Å². The molecule has 0 radical (unpaired) electrons. The summed E-state index contributed by atoms with van der Waals surface area (Å²) in [5.41, 5.74) is 1.56. The highest BCUT2D eigenvalue weighted by atomic mass is 19.3. The highest BCUT2D eigenvalue weighted by Crippen LogP contribution is 2.23. The normalized spacial score (nSPS) is 15.8.